The van der Waals surface area contributed by atoms with Crippen LogP contribution in [0.2, 0.25) is 0 Å². The number of carboxylic acids is 1. The molecular formula is C12H12FN3O2. The molecule has 1 atom stereocenters. The molecule has 0 amide bonds. The highest BCUT2D eigenvalue weighted by Gasteiger charge is 2.22. The smallest absolute Gasteiger partial charge is 0.339 e. The minimum absolute atomic E-state index is 0.173. The zero-order valence-corrected chi connectivity index (χ0v) is 9.58. The van der Waals surface area contributed by atoms with Gasteiger partial charge in [-0.2, -0.15) is 5.10 Å². The Kier molecular flexibility index (Phi) is 2.43. The predicted molar refractivity (Wildman–Crippen MR) is 63.9 cm³/mol. The second-order valence-corrected chi connectivity index (χ2v) is 4.41. The molecule has 1 N–H and O–H groups in total. The highest BCUT2D eigenvalue weighted by molar-refractivity contribution is 5.95. The van der Waals surface area contributed by atoms with Crippen molar-refractivity contribution < 1.29 is 14.3 Å². The lowest BCUT2D eigenvalue weighted by Gasteiger charge is -2.17. The lowest BCUT2D eigenvalue weighted by Crippen LogP contribution is -2.20. The maximum absolute atomic E-state index is 13.1. The van der Waals surface area contributed by atoms with Crippen molar-refractivity contribution in [2.75, 3.05) is 18.0 Å². The Hall–Kier alpha value is -2.11. The number of alkyl halides is 1. The van der Waals surface area contributed by atoms with Crippen molar-refractivity contribution in [3.63, 3.8) is 0 Å². The van der Waals surface area contributed by atoms with E-state index in [2.05, 4.69) is 5.10 Å². The van der Waals surface area contributed by atoms with Gasteiger partial charge in [0.25, 0.3) is 0 Å². The first-order chi connectivity index (χ1) is 8.65. The molecule has 3 rings (SSSR count). The summed E-state index contributed by atoms with van der Waals surface area (Å²) in [6, 6.07) is 3.51. The van der Waals surface area contributed by atoms with E-state index in [0.29, 0.717) is 25.0 Å². The number of hydrogen-bond acceptors (Lipinski definition) is 3. The minimum atomic E-state index is -0.997. The number of fused-ring (bicyclic) bond motifs is 1. The maximum Gasteiger partial charge on any atom is 0.339 e. The summed E-state index contributed by atoms with van der Waals surface area (Å²) in [6.45, 7) is 1.07. The molecule has 18 heavy (non-hydrogen) atoms. The predicted octanol–water partition coefficient (Wildman–Crippen LogP) is 1.58. The molecule has 6 heteroatoms. The van der Waals surface area contributed by atoms with Gasteiger partial charge in [-0.1, -0.05) is 0 Å². The first kappa shape index (κ1) is 11.0. The van der Waals surface area contributed by atoms with Crippen LogP contribution in [0.5, 0.6) is 0 Å². The summed E-state index contributed by atoms with van der Waals surface area (Å²) < 4.78 is 14.7. The molecule has 0 saturated carbocycles. The Bertz CT molecular complexity index is 610. The van der Waals surface area contributed by atoms with Gasteiger partial charge in [0.1, 0.15) is 11.7 Å². The molecule has 94 valence electrons. The third-order valence-corrected chi connectivity index (χ3v) is 3.23. The molecule has 0 spiro atoms. The van der Waals surface area contributed by atoms with E-state index >= 15 is 0 Å². The highest BCUT2D eigenvalue weighted by Crippen LogP contribution is 2.23. The molecule has 2 aromatic heterocycles. The minimum Gasteiger partial charge on any atom is -0.478 e. The number of hydrogen-bond donors (Lipinski definition) is 1. The molecule has 0 aromatic carbocycles. The normalized spacial score (nSPS) is 19.6. The molecule has 1 aliphatic heterocycles. The number of aromatic carboxylic acids is 1. The fraction of sp³-hybridized carbons (Fsp3) is 0.333. The molecule has 1 aliphatic rings. The summed E-state index contributed by atoms with van der Waals surface area (Å²) in [4.78, 5) is 12.9. The molecule has 1 fully saturated rings. The topological polar surface area (TPSA) is 57.8 Å². The second kappa shape index (κ2) is 3.97. The average molecular weight is 249 g/mol. The summed E-state index contributed by atoms with van der Waals surface area (Å²) >= 11 is 0. The summed E-state index contributed by atoms with van der Waals surface area (Å²) in [6.07, 6.45) is 2.81. The molecule has 0 aliphatic carbocycles. The van der Waals surface area contributed by atoms with Gasteiger partial charge in [0.05, 0.1) is 23.6 Å². The molecule has 3 heterocycles. The van der Waals surface area contributed by atoms with Crippen LogP contribution in [0.1, 0.15) is 16.8 Å². The molecule has 5 nitrogen and oxygen atoms in total. The molecule has 0 unspecified atom stereocenters. The quantitative estimate of drug-likeness (QED) is 0.878. The van der Waals surface area contributed by atoms with Crippen LogP contribution in [0.3, 0.4) is 0 Å². The number of rotatable bonds is 2. The molecule has 1 saturated heterocycles. The number of pyridine rings is 1. The maximum atomic E-state index is 13.1. The monoisotopic (exact) mass is 249 g/mol. The molecule has 2 aromatic rings. The van der Waals surface area contributed by atoms with Crippen LogP contribution in [0.15, 0.2) is 24.5 Å². The highest BCUT2D eigenvalue weighted by atomic mass is 19.1. The van der Waals surface area contributed by atoms with Crippen LogP contribution in [0, 0.1) is 0 Å². The van der Waals surface area contributed by atoms with Crippen molar-refractivity contribution >= 4 is 17.2 Å². The van der Waals surface area contributed by atoms with E-state index in [1.807, 2.05) is 11.0 Å². The number of carboxylic acid groups (broad SMARTS) is 1. The largest absolute Gasteiger partial charge is 0.478 e. The van der Waals surface area contributed by atoms with Crippen molar-refractivity contribution in [2.24, 2.45) is 0 Å². The van der Waals surface area contributed by atoms with Crippen molar-refractivity contribution in [1.82, 2.24) is 9.61 Å². The lowest BCUT2D eigenvalue weighted by molar-refractivity contribution is 0.0699. The van der Waals surface area contributed by atoms with Crippen molar-refractivity contribution in [2.45, 2.75) is 12.6 Å². The Balaban J connectivity index is 1.99. The number of anilines is 1. The SMILES string of the molecule is O=C(O)c1cnn2cc(N3CC[C@@H](F)C3)ccc12. The van der Waals surface area contributed by atoms with Crippen LogP contribution >= 0.6 is 0 Å². The standard InChI is InChI=1S/C12H12FN3O2/c13-8-3-4-15(6-8)9-1-2-11-10(12(17)18)5-14-16(11)7-9/h1-2,5,7-8H,3-4,6H2,(H,17,18)/t8-/m1/s1. The third-order valence-electron chi connectivity index (χ3n) is 3.23. The van der Waals surface area contributed by atoms with Gasteiger partial charge in [-0.05, 0) is 18.6 Å². The number of carbonyl (C=O) groups is 1. The molecule has 0 radical (unpaired) electrons. The van der Waals surface area contributed by atoms with Crippen LogP contribution in [-0.2, 0) is 0 Å². The fourth-order valence-electron chi connectivity index (χ4n) is 2.28. The van der Waals surface area contributed by atoms with Crippen molar-refractivity contribution in [1.29, 1.82) is 0 Å². The average Bonchev–Trinajstić information content (AvgIpc) is 2.93. The van der Waals surface area contributed by atoms with Crippen LogP contribution in [0.4, 0.5) is 10.1 Å². The van der Waals surface area contributed by atoms with Crippen LogP contribution in [-0.4, -0.2) is 40.0 Å². The van der Waals surface area contributed by atoms with Gasteiger partial charge < -0.3 is 10.0 Å². The number of nitrogens with zero attached hydrogens (tertiary/aromatic N) is 3. The van der Waals surface area contributed by atoms with Gasteiger partial charge >= 0.3 is 5.97 Å². The van der Waals surface area contributed by atoms with Gasteiger partial charge in [-0.25, -0.2) is 13.7 Å². The van der Waals surface area contributed by atoms with E-state index in [0.717, 1.165) is 5.69 Å². The Morgan fingerprint density at radius 3 is 3.00 bits per heavy atom. The van der Waals surface area contributed by atoms with Crippen LogP contribution in [0.25, 0.3) is 5.52 Å². The van der Waals surface area contributed by atoms with Gasteiger partial charge in [0.15, 0.2) is 0 Å². The van der Waals surface area contributed by atoms with Gasteiger partial charge in [-0.15, -0.1) is 0 Å². The summed E-state index contributed by atoms with van der Waals surface area (Å²) in [5.74, 6) is -0.997. The van der Waals surface area contributed by atoms with E-state index in [4.69, 9.17) is 5.11 Å². The van der Waals surface area contributed by atoms with E-state index in [1.54, 1.807) is 12.3 Å². The van der Waals surface area contributed by atoms with Gasteiger partial charge in [-0.3, -0.25) is 0 Å². The molecular weight excluding hydrogens is 237 g/mol. The third kappa shape index (κ3) is 1.70. The lowest BCUT2D eigenvalue weighted by atomic mass is 10.2. The van der Waals surface area contributed by atoms with Crippen molar-refractivity contribution in [3.05, 3.63) is 30.1 Å². The molecule has 0 bridgehead atoms. The summed E-state index contributed by atoms with van der Waals surface area (Å²) in [5, 5.41) is 13.0. The Labute approximate surface area is 102 Å². The van der Waals surface area contributed by atoms with Crippen molar-refractivity contribution in [3.8, 4) is 0 Å². The van der Waals surface area contributed by atoms with E-state index < -0.39 is 12.1 Å². The van der Waals surface area contributed by atoms with E-state index in [-0.39, 0.29) is 5.56 Å². The first-order valence-electron chi connectivity index (χ1n) is 5.75. The zero-order chi connectivity index (χ0) is 12.7. The number of halogens is 1. The van der Waals surface area contributed by atoms with E-state index in [9.17, 15) is 9.18 Å². The first-order valence-corrected chi connectivity index (χ1v) is 5.75. The number of aromatic nitrogens is 2. The van der Waals surface area contributed by atoms with E-state index in [1.165, 1.54) is 10.7 Å². The van der Waals surface area contributed by atoms with Gasteiger partial charge in [0.2, 0.25) is 0 Å². The second-order valence-electron chi connectivity index (χ2n) is 4.41. The summed E-state index contributed by atoms with van der Waals surface area (Å²) in [5.41, 5.74) is 1.58. The summed E-state index contributed by atoms with van der Waals surface area (Å²) in [7, 11) is 0. The Morgan fingerprint density at radius 2 is 2.33 bits per heavy atom. The van der Waals surface area contributed by atoms with Gasteiger partial charge in [0, 0.05) is 13.1 Å². The fourth-order valence-corrected chi connectivity index (χ4v) is 2.28. The zero-order valence-electron chi connectivity index (χ0n) is 9.58. The Morgan fingerprint density at radius 1 is 1.50 bits per heavy atom. The van der Waals surface area contributed by atoms with Crippen LogP contribution < -0.4 is 4.90 Å².